The summed E-state index contributed by atoms with van der Waals surface area (Å²) in [5, 5.41) is 11.5. The van der Waals surface area contributed by atoms with Crippen LogP contribution in [0.25, 0.3) is 5.76 Å². The first-order valence-electron chi connectivity index (χ1n) is 9.13. The largest absolute Gasteiger partial charge is 0.507 e. The summed E-state index contributed by atoms with van der Waals surface area (Å²) in [4.78, 5) is 31.5. The number of ketones is 1. The van der Waals surface area contributed by atoms with Crippen molar-refractivity contribution in [3.8, 4) is 5.75 Å². The maximum absolute atomic E-state index is 13.0. The highest BCUT2D eigenvalue weighted by Crippen LogP contribution is 2.41. The fourth-order valence-corrected chi connectivity index (χ4v) is 3.56. The summed E-state index contributed by atoms with van der Waals surface area (Å²) in [5.74, 6) is -0.893. The summed E-state index contributed by atoms with van der Waals surface area (Å²) in [6.45, 7) is 0. The monoisotopic (exact) mass is 420 g/mol. The van der Waals surface area contributed by atoms with Crippen LogP contribution in [-0.2, 0) is 9.59 Å². The molecule has 0 aliphatic carbocycles. The van der Waals surface area contributed by atoms with Crippen molar-refractivity contribution in [2.45, 2.75) is 6.04 Å². The number of carbonyl (C=O) groups excluding carboxylic acids is 2. The Morgan fingerprint density at radius 2 is 1.73 bits per heavy atom. The second kappa shape index (κ2) is 8.00. The molecule has 1 unspecified atom stereocenters. The van der Waals surface area contributed by atoms with Crippen LogP contribution >= 0.6 is 11.6 Å². The lowest BCUT2D eigenvalue weighted by atomic mass is 9.95. The van der Waals surface area contributed by atoms with E-state index in [9.17, 15) is 14.7 Å². The summed E-state index contributed by atoms with van der Waals surface area (Å²) in [6, 6.07) is 17.6. The Hall–Kier alpha value is -3.64. The van der Waals surface area contributed by atoms with E-state index in [2.05, 4.69) is 4.98 Å². The predicted molar refractivity (Wildman–Crippen MR) is 113 cm³/mol. The molecular weight excluding hydrogens is 404 g/mol. The number of aromatic nitrogens is 1. The van der Waals surface area contributed by atoms with Crippen LogP contribution < -0.4 is 9.64 Å². The zero-order valence-electron chi connectivity index (χ0n) is 15.9. The molecule has 1 amide bonds. The second-order valence-corrected chi connectivity index (χ2v) is 7.07. The van der Waals surface area contributed by atoms with Gasteiger partial charge in [0.1, 0.15) is 17.3 Å². The van der Waals surface area contributed by atoms with Gasteiger partial charge in [-0.15, -0.1) is 0 Å². The van der Waals surface area contributed by atoms with Crippen molar-refractivity contribution in [2.75, 3.05) is 12.0 Å². The first-order chi connectivity index (χ1) is 14.5. The number of rotatable bonds is 4. The lowest BCUT2D eigenvalue weighted by Gasteiger charge is -2.24. The van der Waals surface area contributed by atoms with Gasteiger partial charge < -0.3 is 9.84 Å². The third-order valence-corrected chi connectivity index (χ3v) is 5.14. The highest BCUT2D eigenvalue weighted by atomic mass is 35.5. The number of methoxy groups -OCH3 is 1. The Morgan fingerprint density at radius 1 is 1.03 bits per heavy atom. The van der Waals surface area contributed by atoms with Gasteiger partial charge in [0, 0.05) is 16.8 Å². The van der Waals surface area contributed by atoms with E-state index in [-0.39, 0.29) is 11.3 Å². The number of pyridine rings is 1. The molecule has 1 aliphatic rings. The summed E-state index contributed by atoms with van der Waals surface area (Å²) >= 11 is 6.02. The van der Waals surface area contributed by atoms with E-state index < -0.39 is 17.7 Å². The lowest BCUT2D eigenvalue weighted by Crippen LogP contribution is -2.30. The van der Waals surface area contributed by atoms with Gasteiger partial charge in [0.2, 0.25) is 0 Å². The molecule has 2 heterocycles. The van der Waals surface area contributed by atoms with Crippen molar-refractivity contribution in [3.05, 3.63) is 94.6 Å². The first-order valence-corrected chi connectivity index (χ1v) is 9.51. The fourth-order valence-electron chi connectivity index (χ4n) is 3.43. The normalized spacial score (nSPS) is 17.9. The zero-order valence-corrected chi connectivity index (χ0v) is 16.7. The Labute approximate surface area is 178 Å². The number of hydrogen-bond acceptors (Lipinski definition) is 5. The van der Waals surface area contributed by atoms with Crippen LogP contribution in [0, 0.1) is 0 Å². The van der Waals surface area contributed by atoms with Gasteiger partial charge in [-0.3, -0.25) is 14.5 Å². The quantitative estimate of drug-likeness (QED) is 0.385. The Bertz CT molecular complexity index is 1130. The van der Waals surface area contributed by atoms with Crippen LogP contribution in [0.1, 0.15) is 17.2 Å². The van der Waals surface area contributed by atoms with Crippen LogP contribution in [0.4, 0.5) is 5.82 Å². The van der Waals surface area contributed by atoms with Crippen molar-refractivity contribution in [2.24, 2.45) is 0 Å². The molecule has 3 aromatic rings. The van der Waals surface area contributed by atoms with E-state index in [4.69, 9.17) is 16.3 Å². The van der Waals surface area contributed by atoms with Gasteiger partial charge in [-0.1, -0.05) is 29.8 Å². The van der Waals surface area contributed by atoms with E-state index in [1.165, 1.54) is 18.2 Å². The second-order valence-electron chi connectivity index (χ2n) is 6.64. The number of aliphatic hydroxyl groups is 1. The number of carbonyl (C=O) groups is 2. The highest BCUT2D eigenvalue weighted by Gasteiger charge is 2.47. The summed E-state index contributed by atoms with van der Waals surface area (Å²) < 4.78 is 5.14. The topological polar surface area (TPSA) is 79.7 Å². The lowest BCUT2D eigenvalue weighted by molar-refractivity contribution is -0.132. The molecule has 1 saturated heterocycles. The van der Waals surface area contributed by atoms with Gasteiger partial charge in [0.25, 0.3) is 5.78 Å². The third-order valence-electron chi connectivity index (χ3n) is 4.89. The minimum Gasteiger partial charge on any atom is -0.507 e. The molecule has 0 spiro atoms. The Morgan fingerprint density at radius 3 is 2.33 bits per heavy atom. The fraction of sp³-hybridized carbons (Fsp3) is 0.0870. The number of amides is 1. The number of aliphatic hydroxyl groups excluding tert-OH is 1. The minimum atomic E-state index is -0.848. The molecule has 4 rings (SSSR count). The molecule has 7 heteroatoms. The first kappa shape index (κ1) is 19.7. The number of Topliss-reactive ketones (excluding diaryl/α,β-unsaturated/α-hetero) is 1. The maximum atomic E-state index is 13.0. The highest BCUT2D eigenvalue weighted by molar-refractivity contribution is 6.51. The molecule has 1 fully saturated rings. The molecule has 6 nitrogen and oxygen atoms in total. The smallest absolute Gasteiger partial charge is 0.301 e. The van der Waals surface area contributed by atoms with Crippen LogP contribution in [0.2, 0.25) is 5.02 Å². The maximum Gasteiger partial charge on any atom is 0.301 e. The van der Waals surface area contributed by atoms with Gasteiger partial charge in [-0.2, -0.15) is 0 Å². The molecule has 30 heavy (non-hydrogen) atoms. The molecule has 1 N–H and O–H groups in total. The molecule has 1 aromatic heterocycles. The molecule has 0 radical (unpaired) electrons. The number of hydrogen-bond donors (Lipinski definition) is 1. The van der Waals surface area contributed by atoms with Crippen LogP contribution in [0.15, 0.2) is 78.5 Å². The third kappa shape index (κ3) is 3.42. The molecule has 0 saturated carbocycles. The van der Waals surface area contributed by atoms with Gasteiger partial charge in [0.15, 0.2) is 0 Å². The molecule has 1 atom stereocenters. The molecular formula is C23H17ClN2O4. The van der Waals surface area contributed by atoms with Crippen LogP contribution in [0.3, 0.4) is 0 Å². The van der Waals surface area contributed by atoms with Crippen molar-refractivity contribution < 1.29 is 19.4 Å². The number of benzene rings is 2. The van der Waals surface area contributed by atoms with E-state index in [0.717, 1.165) is 0 Å². The van der Waals surface area contributed by atoms with Gasteiger partial charge >= 0.3 is 5.91 Å². The summed E-state index contributed by atoms with van der Waals surface area (Å²) in [5.41, 5.74) is 1.01. The van der Waals surface area contributed by atoms with Crippen molar-refractivity contribution in [1.82, 2.24) is 4.98 Å². The van der Waals surface area contributed by atoms with Crippen LogP contribution in [0.5, 0.6) is 5.75 Å². The zero-order chi connectivity index (χ0) is 21.3. The number of anilines is 1. The average molecular weight is 421 g/mol. The summed E-state index contributed by atoms with van der Waals surface area (Å²) in [6.07, 6.45) is 1.54. The summed E-state index contributed by atoms with van der Waals surface area (Å²) in [7, 11) is 1.54. The van der Waals surface area contributed by atoms with E-state index in [1.807, 2.05) is 0 Å². The number of halogens is 1. The van der Waals surface area contributed by atoms with Gasteiger partial charge in [0.05, 0.1) is 18.7 Å². The van der Waals surface area contributed by atoms with Crippen LogP contribution in [-0.4, -0.2) is 28.9 Å². The Kier molecular flexibility index (Phi) is 5.25. The van der Waals surface area contributed by atoms with E-state index in [1.54, 1.807) is 66.7 Å². The Balaban J connectivity index is 1.91. The number of nitrogens with zero attached hydrogens (tertiary/aromatic N) is 2. The average Bonchev–Trinajstić information content (AvgIpc) is 3.05. The van der Waals surface area contributed by atoms with Gasteiger partial charge in [-0.05, 0) is 54.1 Å². The van der Waals surface area contributed by atoms with Crippen molar-refractivity contribution in [1.29, 1.82) is 0 Å². The van der Waals surface area contributed by atoms with E-state index >= 15 is 0 Å². The van der Waals surface area contributed by atoms with Gasteiger partial charge in [-0.25, -0.2) is 4.98 Å². The number of ether oxygens (including phenoxy) is 1. The predicted octanol–water partition coefficient (Wildman–Crippen LogP) is 4.37. The molecule has 0 bridgehead atoms. The molecule has 150 valence electrons. The SMILES string of the molecule is COc1ccc(/C(O)=C2\C(=O)C(=O)N(c3ccccn3)C2c2ccc(Cl)cc2)cc1. The molecule has 1 aliphatic heterocycles. The minimum absolute atomic E-state index is 0.0156. The standard InChI is InChI=1S/C23H17ClN2O4/c1-30-17-11-7-15(8-12-17)21(27)19-20(14-5-9-16(24)10-6-14)26(23(29)22(19)28)18-4-2-3-13-25-18/h2-13,20,27H,1H3/b21-19+. The van der Waals surface area contributed by atoms with Crippen molar-refractivity contribution >= 4 is 34.9 Å². The molecule has 2 aromatic carbocycles. The van der Waals surface area contributed by atoms with Crippen molar-refractivity contribution in [3.63, 3.8) is 0 Å². The van der Waals surface area contributed by atoms with E-state index in [0.29, 0.717) is 27.7 Å².